The number of phenolic OH excluding ortho intramolecular Hbond substituents is 2. The SMILES string of the molecule is COc1ccc([C@H]2c3c(O)c(OCc4ccccc4)cc(O)c3[C@@H]2C)cc1OC. The van der Waals surface area contributed by atoms with Gasteiger partial charge in [-0.2, -0.15) is 0 Å². The van der Waals surface area contributed by atoms with E-state index in [9.17, 15) is 10.2 Å². The molecule has 0 heterocycles. The summed E-state index contributed by atoms with van der Waals surface area (Å²) in [4.78, 5) is 0. The normalized spacial score (nSPS) is 17.2. The summed E-state index contributed by atoms with van der Waals surface area (Å²) in [6.45, 7) is 2.34. The van der Waals surface area contributed by atoms with Gasteiger partial charge in [-0.05, 0) is 29.2 Å². The first-order valence-corrected chi connectivity index (χ1v) is 9.52. The Hall–Kier alpha value is -3.34. The van der Waals surface area contributed by atoms with Crippen molar-refractivity contribution in [3.05, 3.63) is 76.9 Å². The number of benzene rings is 3. The molecule has 0 unspecified atom stereocenters. The van der Waals surface area contributed by atoms with Crippen molar-refractivity contribution in [2.24, 2.45) is 0 Å². The zero-order valence-corrected chi connectivity index (χ0v) is 16.7. The number of ether oxygens (including phenoxy) is 3. The van der Waals surface area contributed by atoms with Crippen molar-refractivity contribution in [2.45, 2.75) is 25.4 Å². The highest BCUT2D eigenvalue weighted by molar-refractivity contribution is 5.67. The molecule has 0 amide bonds. The Bertz CT molecular complexity index is 1030. The average Bonchev–Trinajstić information content (AvgIpc) is 2.74. The van der Waals surface area contributed by atoms with E-state index < -0.39 is 0 Å². The van der Waals surface area contributed by atoms with E-state index in [-0.39, 0.29) is 29.1 Å². The third-order valence-corrected chi connectivity index (χ3v) is 5.59. The highest BCUT2D eigenvalue weighted by atomic mass is 16.5. The first-order valence-electron chi connectivity index (χ1n) is 9.52. The van der Waals surface area contributed by atoms with E-state index in [1.807, 2.05) is 55.5 Å². The Morgan fingerprint density at radius 2 is 1.55 bits per heavy atom. The molecule has 0 aliphatic heterocycles. The van der Waals surface area contributed by atoms with Crippen LogP contribution in [0.25, 0.3) is 0 Å². The highest BCUT2D eigenvalue weighted by Gasteiger charge is 2.42. The van der Waals surface area contributed by atoms with E-state index >= 15 is 0 Å². The minimum Gasteiger partial charge on any atom is -0.508 e. The third kappa shape index (κ3) is 3.23. The summed E-state index contributed by atoms with van der Waals surface area (Å²) in [5, 5.41) is 21.5. The molecule has 150 valence electrons. The van der Waals surface area contributed by atoms with Crippen molar-refractivity contribution in [3.8, 4) is 28.7 Å². The highest BCUT2D eigenvalue weighted by Crippen LogP contribution is 2.60. The number of phenols is 2. The number of methoxy groups -OCH3 is 2. The molecule has 3 aromatic carbocycles. The number of hydrogen-bond acceptors (Lipinski definition) is 5. The third-order valence-electron chi connectivity index (χ3n) is 5.59. The molecule has 29 heavy (non-hydrogen) atoms. The van der Waals surface area contributed by atoms with E-state index in [0.717, 1.165) is 16.7 Å². The monoisotopic (exact) mass is 392 g/mol. The summed E-state index contributed by atoms with van der Waals surface area (Å²) in [6.07, 6.45) is 0. The van der Waals surface area contributed by atoms with Crippen LogP contribution in [0.4, 0.5) is 0 Å². The van der Waals surface area contributed by atoms with Gasteiger partial charge in [0, 0.05) is 23.1 Å². The summed E-state index contributed by atoms with van der Waals surface area (Å²) < 4.78 is 16.6. The maximum absolute atomic E-state index is 10.9. The maximum Gasteiger partial charge on any atom is 0.165 e. The lowest BCUT2D eigenvalue weighted by Gasteiger charge is -2.39. The molecular weight excluding hydrogens is 368 g/mol. The fourth-order valence-electron chi connectivity index (χ4n) is 4.13. The molecule has 1 aliphatic carbocycles. The van der Waals surface area contributed by atoms with E-state index in [2.05, 4.69) is 0 Å². The van der Waals surface area contributed by atoms with Gasteiger partial charge in [0.1, 0.15) is 12.4 Å². The van der Waals surface area contributed by atoms with Crippen molar-refractivity contribution >= 4 is 0 Å². The van der Waals surface area contributed by atoms with E-state index in [0.29, 0.717) is 23.7 Å². The average molecular weight is 392 g/mol. The second-order valence-electron chi connectivity index (χ2n) is 7.22. The molecule has 2 N–H and O–H groups in total. The van der Waals surface area contributed by atoms with Gasteiger partial charge in [-0.3, -0.25) is 0 Å². The van der Waals surface area contributed by atoms with Crippen molar-refractivity contribution < 1.29 is 24.4 Å². The molecule has 0 fully saturated rings. The van der Waals surface area contributed by atoms with Crippen LogP contribution in [0.1, 0.15) is 41.0 Å². The Morgan fingerprint density at radius 1 is 0.828 bits per heavy atom. The minimum absolute atomic E-state index is 0.0529. The van der Waals surface area contributed by atoms with Crippen LogP contribution in [0.2, 0.25) is 0 Å². The quantitative estimate of drug-likeness (QED) is 0.582. The van der Waals surface area contributed by atoms with Crippen LogP contribution in [0.5, 0.6) is 28.7 Å². The Morgan fingerprint density at radius 3 is 2.24 bits per heavy atom. The number of fused-ring (bicyclic) bond motifs is 1. The summed E-state index contributed by atoms with van der Waals surface area (Å²) in [5.41, 5.74) is 3.43. The molecule has 4 rings (SSSR count). The lowest BCUT2D eigenvalue weighted by Crippen LogP contribution is -2.24. The molecule has 5 nitrogen and oxygen atoms in total. The minimum atomic E-state index is -0.0732. The predicted octanol–water partition coefficient (Wildman–Crippen LogP) is 4.94. The van der Waals surface area contributed by atoms with Gasteiger partial charge in [-0.1, -0.05) is 43.3 Å². The first kappa shape index (κ1) is 19.0. The van der Waals surface area contributed by atoms with Crippen LogP contribution >= 0.6 is 0 Å². The standard InChI is InChI=1S/C24H24O5/c1-14-21(16-9-10-18(27-2)19(11-16)28-3)23-22(14)17(25)12-20(24(23)26)29-13-15-7-5-4-6-8-15/h4-12,14,21,25-26H,13H2,1-3H3/t14-,21+/m1/s1. The maximum atomic E-state index is 10.9. The van der Waals surface area contributed by atoms with Crippen LogP contribution < -0.4 is 14.2 Å². The zero-order chi connectivity index (χ0) is 20.5. The van der Waals surface area contributed by atoms with Crippen molar-refractivity contribution in [1.82, 2.24) is 0 Å². The van der Waals surface area contributed by atoms with E-state index in [4.69, 9.17) is 14.2 Å². The van der Waals surface area contributed by atoms with Gasteiger partial charge < -0.3 is 24.4 Å². The van der Waals surface area contributed by atoms with Crippen LogP contribution in [0.3, 0.4) is 0 Å². The summed E-state index contributed by atoms with van der Waals surface area (Å²) in [6, 6.07) is 16.9. The fourth-order valence-corrected chi connectivity index (χ4v) is 4.13. The van der Waals surface area contributed by atoms with Gasteiger partial charge in [-0.25, -0.2) is 0 Å². The number of rotatable bonds is 6. The first-order chi connectivity index (χ1) is 14.0. The van der Waals surface area contributed by atoms with Gasteiger partial charge in [0.05, 0.1) is 14.2 Å². The molecule has 2 atom stereocenters. The van der Waals surface area contributed by atoms with Crippen molar-refractivity contribution in [3.63, 3.8) is 0 Å². The second kappa shape index (κ2) is 7.59. The number of aromatic hydroxyl groups is 2. The largest absolute Gasteiger partial charge is 0.508 e. The van der Waals surface area contributed by atoms with Gasteiger partial charge in [0.2, 0.25) is 0 Å². The molecule has 5 heteroatoms. The molecule has 0 aromatic heterocycles. The molecule has 0 radical (unpaired) electrons. The lowest BCUT2D eigenvalue weighted by atomic mass is 9.65. The summed E-state index contributed by atoms with van der Waals surface area (Å²) in [7, 11) is 3.19. The Labute approximate surface area is 170 Å². The van der Waals surface area contributed by atoms with Gasteiger partial charge >= 0.3 is 0 Å². The molecule has 1 aliphatic rings. The molecular formula is C24H24O5. The Kier molecular flexibility index (Phi) is 4.97. The van der Waals surface area contributed by atoms with Gasteiger partial charge in [0.25, 0.3) is 0 Å². The van der Waals surface area contributed by atoms with Crippen LogP contribution in [0, 0.1) is 0 Å². The number of hydrogen-bond donors (Lipinski definition) is 2. The van der Waals surface area contributed by atoms with Crippen LogP contribution in [0.15, 0.2) is 54.6 Å². The van der Waals surface area contributed by atoms with Gasteiger partial charge in [-0.15, -0.1) is 0 Å². The summed E-state index contributed by atoms with van der Waals surface area (Å²) >= 11 is 0. The lowest BCUT2D eigenvalue weighted by molar-refractivity contribution is 0.281. The molecule has 0 saturated heterocycles. The van der Waals surface area contributed by atoms with E-state index in [1.165, 1.54) is 6.07 Å². The molecule has 0 saturated carbocycles. The second-order valence-corrected chi connectivity index (χ2v) is 7.22. The molecule has 0 bridgehead atoms. The zero-order valence-electron chi connectivity index (χ0n) is 16.7. The van der Waals surface area contributed by atoms with E-state index in [1.54, 1.807) is 14.2 Å². The smallest absolute Gasteiger partial charge is 0.165 e. The predicted molar refractivity (Wildman–Crippen MR) is 110 cm³/mol. The fraction of sp³-hybridized carbons (Fsp3) is 0.250. The van der Waals surface area contributed by atoms with Crippen molar-refractivity contribution in [2.75, 3.05) is 14.2 Å². The van der Waals surface area contributed by atoms with Crippen LogP contribution in [-0.4, -0.2) is 24.4 Å². The Balaban J connectivity index is 1.68. The molecule has 0 spiro atoms. The summed E-state index contributed by atoms with van der Waals surface area (Å²) in [5.74, 6) is 1.76. The van der Waals surface area contributed by atoms with Crippen molar-refractivity contribution in [1.29, 1.82) is 0 Å². The molecule has 3 aromatic rings. The van der Waals surface area contributed by atoms with Crippen LogP contribution in [-0.2, 0) is 6.61 Å². The van der Waals surface area contributed by atoms with Gasteiger partial charge in [0.15, 0.2) is 23.0 Å². The topological polar surface area (TPSA) is 68.2 Å².